The molecule has 2 aromatic carbocycles. The lowest BCUT2D eigenvalue weighted by Crippen LogP contribution is -1.96. The second-order valence-corrected chi connectivity index (χ2v) is 4.41. The highest BCUT2D eigenvalue weighted by molar-refractivity contribution is 5.87. The average molecular weight is 256 g/mol. The van der Waals surface area contributed by atoms with Crippen molar-refractivity contribution in [2.45, 2.75) is 13.5 Å². The summed E-state index contributed by atoms with van der Waals surface area (Å²) in [5.41, 5.74) is 2.79. The molecule has 0 spiro atoms. The molecule has 0 aliphatic rings. The number of hydrogen-bond donors (Lipinski definition) is 1. The van der Waals surface area contributed by atoms with E-state index in [1.54, 1.807) is 12.1 Å². The molecular formula is C15H13FN2O. The Hall–Kier alpha value is -2.36. The molecule has 4 heteroatoms. The summed E-state index contributed by atoms with van der Waals surface area (Å²) in [6.07, 6.45) is 0. The summed E-state index contributed by atoms with van der Waals surface area (Å²) in [5.74, 6) is 0.546. The molecule has 1 aromatic heterocycles. The fourth-order valence-corrected chi connectivity index (χ4v) is 2.05. The fourth-order valence-electron chi connectivity index (χ4n) is 2.05. The van der Waals surface area contributed by atoms with Crippen molar-refractivity contribution >= 4 is 10.9 Å². The first-order chi connectivity index (χ1) is 9.24. The Morgan fingerprint density at radius 3 is 2.74 bits per heavy atom. The zero-order valence-electron chi connectivity index (χ0n) is 10.5. The van der Waals surface area contributed by atoms with Crippen molar-refractivity contribution in [3.05, 3.63) is 59.5 Å². The van der Waals surface area contributed by atoms with Gasteiger partial charge in [-0.3, -0.25) is 5.10 Å². The third kappa shape index (κ3) is 2.29. The Kier molecular flexibility index (Phi) is 2.91. The molecule has 0 aliphatic heterocycles. The molecule has 1 N–H and O–H groups in total. The first-order valence-electron chi connectivity index (χ1n) is 6.05. The van der Waals surface area contributed by atoms with Crippen molar-refractivity contribution in [2.75, 3.05) is 0 Å². The van der Waals surface area contributed by atoms with Crippen LogP contribution in [0.4, 0.5) is 4.39 Å². The molecular weight excluding hydrogens is 243 g/mol. The first-order valence-corrected chi connectivity index (χ1v) is 6.05. The lowest BCUT2D eigenvalue weighted by molar-refractivity contribution is 0.310. The number of aromatic nitrogens is 2. The third-order valence-corrected chi connectivity index (χ3v) is 3.03. The number of aryl methyl sites for hydroxylation is 1. The van der Waals surface area contributed by atoms with Crippen molar-refractivity contribution in [3.8, 4) is 5.75 Å². The van der Waals surface area contributed by atoms with Crippen molar-refractivity contribution in [2.24, 2.45) is 0 Å². The lowest BCUT2D eigenvalue weighted by atomic mass is 10.2. The molecule has 0 fully saturated rings. The van der Waals surface area contributed by atoms with E-state index in [9.17, 15) is 4.39 Å². The Morgan fingerprint density at radius 2 is 1.95 bits per heavy atom. The van der Waals surface area contributed by atoms with Crippen molar-refractivity contribution in [1.29, 1.82) is 0 Å². The minimum atomic E-state index is -0.239. The maximum absolute atomic E-state index is 12.8. The number of hydrogen-bond acceptors (Lipinski definition) is 2. The van der Waals surface area contributed by atoms with Gasteiger partial charge in [-0.05, 0) is 36.8 Å². The summed E-state index contributed by atoms with van der Waals surface area (Å²) in [7, 11) is 0. The molecule has 0 unspecified atom stereocenters. The van der Waals surface area contributed by atoms with Gasteiger partial charge < -0.3 is 4.74 Å². The zero-order valence-corrected chi connectivity index (χ0v) is 10.5. The van der Waals surface area contributed by atoms with Crippen LogP contribution < -0.4 is 4.74 Å². The van der Waals surface area contributed by atoms with E-state index < -0.39 is 0 Å². The Morgan fingerprint density at radius 1 is 1.16 bits per heavy atom. The Balaban J connectivity index is 1.85. The van der Waals surface area contributed by atoms with E-state index in [2.05, 4.69) is 10.2 Å². The largest absolute Gasteiger partial charge is 0.488 e. The molecule has 3 rings (SSSR count). The summed E-state index contributed by atoms with van der Waals surface area (Å²) in [5, 5.41) is 8.12. The SMILES string of the molecule is Cc1[nH]nc2cccc(OCc3ccc(F)cc3)c12. The maximum Gasteiger partial charge on any atom is 0.131 e. The number of rotatable bonds is 3. The number of ether oxygens (including phenoxy) is 1. The standard InChI is InChI=1S/C15H13FN2O/c1-10-15-13(18-17-10)3-2-4-14(15)19-9-11-5-7-12(16)8-6-11/h2-8H,9H2,1H3,(H,17,18). The summed E-state index contributed by atoms with van der Waals surface area (Å²) >= 11 is 0. The smallest absolute Gasteiger partial charge is 0.131 e. The van der Waals surface area contributed by atoms with E-state index in [1.807, 2.05) is 25.1 Å². The third-order valence-electron chi connectivity index (χ3n) is 3.03. The van der Waals surface area contributed by atoms with Crippen molar-refractivity contribution in [3.63, 3.8) is 0 Å². The van der Waals surface area contributed by atoms with E-state index in [0.29, 0.717) is 6.61 Å². The molecule has 0 amide bonds. The van der Waals surface area contributed by atoms with E-state index in [-0.39, 0.29) is 5.82 Å². The molecule has 0 radical (unpaired) electrons. The molecule has 3 aromatic rings. The lowest BCUT2D eigenvalue weighted by Gasteiger charge is -2.07. The number of H-pyrrole nitrogens is 1. The van der Waals surface area contributed by atoms with E-state index in [1.165, 1.54) is 12.1 Å². The molecule has 3 nitrogen and oxygen atoms in total. The highest BCUT2D eigenvalue weighted by Gasteiger charge is 2.07. The number of nitrogens with zero attached hydrogens (tertiary/aromatic N) is 1. The molecule has 96 valence electrons. The topological polar surface area (TPSA) is 37.9 Å². The van der Waals surface area contributed by atoms with Gasteiger partial charge in [-0.2, -0.15) is 5.10 Å². The van der Waals surface area contributed by atoms with Crippen LogP contribution in [0.3, 0.4) is 0 Å². The van der Waals surface area contributed by atoms with Crippen LogP contribution in [0.25, 0.3) is 10.9 Å². The highest BCUT2D eigenvalue weighted by atomic mass is 19.1. The van der Waals surface area contributed by atoms with Crippen LogP contribution in [0.15, 0.2) is 42.5 Å². The monoisotopic (exact) mass is 256 g/mol. The quantitative estimate of drug-likeness (QED) is 0.777. The molecule has 1 heterocycles. The summed E-state index contributed by atoms with van der Waals surface area (Å²) in [4.78, 5) is 0. The van der Waals surface area contributed by atoms with Crippen LogP contribution in [-0.2, 0) is 6.61 Å². The van der Waals surface area contributed by atoms with Gasteiger partial charge in [0.25, 0.3) is 0 Å². The van der Waals surface area contributed by atoms with Gasteiger partial charge in [0.1, 0.15) is 18.2 Å². The van der Waals surface area contributed by atoms with Crippen LogP contribution >= 0.6 is 0 Å². The predicted molar refractivity (Wildman–Crippen MR) is 71.6 cm³/mol. The Labute approximate surface area is 110 Å². The highest BCUT2D eigenvalue weighted by Crippen LogP contribution is 2.27. The molecule has 0 bridgehead atoms. The first kappa shape index (κ1) is 11.7. The van der Waals surface area contributed by atoms with E-state index in [0.717, 1.165) is 27.9 Å². The van der Waals surface area contributed by atoms with Crippen molar-refractivity contribution < 1.29 is 9.13 Å². The number of fused-ring (bicyclic) bond motifs is 1. The second kappa shape index (κ2) is 4.72. The number of aromatic amines is 1. The normalized spacial score (nSPS) is 10.8. The maximum atomic E-state index is 12.8. The van der Waals surface area contributed by atoms with E-state index in [4.69, 9.17) is 4.74 Å². The van der Waals surface area contributed by atoms with Crippen LogP contribution in [0.2, 0.25) is 0 Å². The summed E-state index contributed by atoms with van der Waals surface area (Å²) < 4.78 is 18.6. The molecule has 0 saturated carbocycles. The van der Waals surface area contributed by atoms with Gasteiger partial charge in [0.15, 0.2) is 0 Å². The van der Waals surface area contributed by atoms with Gasteiger partial charge in [-0.15, -0.1) is 0 Å². The zero-order chi connectivity index (χ0) is 13.2. The van der Waals surface area contributed by atoms with Crippen LogP contribution in [0.1, 0.15) is 11.3 Å². The Bertz CT molecular complexity index is 704. The van der Waals surface area contributed by atoms with Gasteiger partial charge in [0, 0.05) is 5.69 Å². The van der Waals surface area contributed by atoms with Crippen LogP contribution in [-0.4, -0.2) is 10.2 Å². The summed E-state index contributed by atoms with van der Waals surface area (Å²) in [6, 6.07) is 12.1. The van der Waals surface area contributed by atoms with Gasteiger partial charge in [-0.1, -0.05) is 18.2 Å². The van der Waals surface area contributed by atoms with Crippen LogP contribution in [0.5, 0.6) is 5.75 Å². The average Bonchev–Trinajstić information content (AvgIpc) is 2.81. The van der Waals surface area contributed by atoms with Gasteiger partial charge in [0.2, 0.25) is 0 Å². The molecule has 0 atom stereocenters. The number of halogens is 1. The molecule has 0 aliphatic carbocycles. The van der Waals surface area contributed by atoms with Gasteiger partial charge >= 0.3 is 0 Å². The summed E-state index contributed by atoms with van der Waals surface area (Å²) in [6.45, 7) is 2.37. The number of nitrogens with one attached hydrogen (secondary N) is 1. The predicted octanol–water partition coefficient (Wildman–Crippen LogP) is 3.59. The molecule has 0 saturated heterocycles. The minimum absolute atomic E-state index is 0.239. The van der Waals surface area contributed by atoms with Gasteiger partial charge in [-0.25, -0.2) is 4.39 Å². The molecule has 19 heavy (non-hydrogen) atoms. The van der Waals surface area contributed by atoms with E-state index >= 15 is 0 Å². The van der Waals surface area contributed by atoms with Gasteiger partial charge in [0.05, 0.1) is 10.9 Å². The number of benzene rings is 2. The fraction of sp³-hybridized carbons (Fsp3) is 0.133. The second-order valence-electron chi connectivity index (χ2n) is 4.41. The van der Waals surface area contributed by atoms with Crippen LogP contribution in [0, 0.1) is 12.7 Å². The minimum Gasteiger partial charge on any atom is -0.488 e. The van der Waals surface area contributed by atoms with Crippen molar-refractivity contribution in [1.82, 2.24) is 10.2 Å².